The molecule has 1 N–H and O–H groups in total. The normalized spacial score (nSPS) is 22.6. The number of nitrogens with zero attached hydrogens (tertiary/aromatic N) is 2. The van der Waals surface area contributed by atoms with Crippen molar-refractivity contribution < 1.29 is 4.74 Å². The third-order valence-electron chi connectivity index (χ3n) is 5.22. The number of ether oxygens (including phenoxy) is 1. The first-order valence-electron chi connectivity index (χ1n) is 8.51. The summed E-state index contributed by atoms with van der Waals surface area (Å²) in [4.78, 5) is 4.81. The minimum Gasteiger partial charge on any atom is -0.375 e. The second-order valence-corrected chi connectivity index (χ2v) is 7.53. The Balaban J connectivity index is 1.92. The van der Waals surface area contributed by atoms with E-state index < -0.39 is 0 Å². The SMILES string of the molecule is COC1c2ccn3c(C)c(C)nc3c2NC(c2ccccc2)C1SC. The fourth-order valence-electron chi connectivity index (χ4n) is 3.78. The smallest absolute Gasteiger partial charge is 0.161 e. The summed E-state index contributed by atoms with van der Waals surface area (Å²) in [6.07, 6.45) is 4.29. The van der Waals surface area contributed by atoms with Gasteiger partial charge in [-0.2, -0.15) is 11.8 Å². The number of anilines is 1. The maximum atomic E-state index is 5.96. The van der Waals surface area contributed by atoms with Crippen molar-refractivity contribution in [3.8, 4) is 0 Å². The monoisotopic (exact) mass is 353 g/mol. The summed E-state index contributed by atoms with van der Waals surface area (Å²) in [5.74, 6) is 0. The summed E-state index contributed by atoms with van der Waals surface area (Å²) in [5, 5.41) is 4.07. The van der Waals surface area contributed by atoms with Gasteiger partial charge < -0.3 is 14.5 Å². The largest absolute Gasteiger partial charge is 0.375 e. The van der Waals surface area contributed by atoms with Crippen LogP contribution in [0.1, 0.15) is 34.7 Å². The van der Waals surface area contributed by atoms with Gasteiger partial charge in [0.2, 0.25) is 0 Å². The van der Waals surface area contributed by atoms with Gasteiger partial charge in [-0.3, -0.25) is 0 Å². The van der Waals surface area contributed by atoms with Gasteiger partial charge in [0.15, 0.2) is 5.65 Å². The summed E-state index contributed by atoms with van der Waals surface area (Å²) in [5.41, 5.74) is 6.77. The molecule has 3 unspecified atom stereocenters. The number of methoxy groups -OCH3 is 1. The number of pyridine rings is 1. The zero-order chi connectivity index (χ0) is 17.6. The maximum absolute atomic E-state index is 5.96. The van der Waals surface area contributed by atoms with Crippen molar-refractivity contribution in [3.05, 3.63) is 65.1 Å². The van der Waals surface area contributed by atoms with Crippen LogP contribution >= 0.6 is 11.8 Å². The quantitative estimate of drug-likeness (QED) is 0.750. The number of nitrogens with one attached hydrogen (secondary N) is 1. The molecule has 3 aromatic rings. The molecule has 0 amide bonds. The zero-order valence-electron chi connectivity index (χ0n) is 15.0. The molecule has 25 heavy (non-hydrogen) atoms. The Morgan fingerprint density at radius 1 is 1.16 bits per heavy atom. The predicted molar refractivity (Wildman–Crippen MR) is 105 cm³/mol. The van der Waals surface area contributed by atoms with Gasteiger partial charge in [0.1, 0.15) is 0 Å². The van der Waals surface area contributed by atoms with Crippen LogP contribution in [0.3, 0.4) is 0 Å². The molecule has 4 nitrogen and oxygen atoms in total. The Bertz CT molecular complexity index is 906. The number of hydrogen-bond donors (Lipinski definition) is 1. The molecule has 0 spiro atoms. The van der Waals surface area contributed by atoms with Gasteiger partial charge in [-0.05, 0) is 31.7 Å². The lowest BCUT2D eigenvalue weighted by molar-refractivity contribution is 0.0934. The van der Waals surface area contributed by atoms with Gasteiger partial charge in [-0.25, -0.2) is 4.98 Å². The van der Waals surface area contributed by atoms with E-state index in [4.69, 9.17) is 9.72 Å². The Kier molecular flexibility index (Phi) is 4.21. The molecule has 0 radical (unpaired) electrons. The van der Waals surface area contributed by atoms with E-state index in [1.807, 2.05) is 11.8 Å². The second-order valence-electron chi connectivity index (χ2n) is 6.51. The molecule has 0 saturated heterocycles. The van der Waals surface area contributed by atoms with Crippen LogP contribution in [0, 0.1) is 13.8 Å². The summed E-state index contributed by atoms with van der Waals surface area (Å²) in [6, 6.07) is 13.0. The lowest BCUT2D eigenvalue weighted by Gasteiger charge is -2.39. The highest BCUT2D eigenvalue weighted by molar-refractivity contribution is 7.99. The van der Waals surface area contributed by atoms with Crippen molar-refractivity contribution in [2.45, 2.75) is 31.2 Å². The number of benzene rings is 1. The number of thioether (sulfide) groups is 1. The van der Waals surface area contributed by atoms with E-state index in [0.717, 1.165) is 17.0 Å². The lowest BCUT2D eigenvalue weighted by Crippen LogP contribution is -2.35. The van der Waals surface area contributed by atoms with E-state index in [-0.39, 0.29) is 12.1 Å². The molecule has 0 fully saturated rings. The van der Waals surface area contributed by atoms with Crippen LogP contribution in [0.2, 0.25) is 0 Å². The molecule has 3 atom stereocenters. The fourth-order valence-corrected chi connectivity index (χ4v) is 4.78. The Labute approximate surface area is 152 Å². The maximum Gasteiger partial charge on any atom is 0.161 e. The molecule has 0 bridgehead atoms. The standard InChI is InChI=1S/C20H23N3OS/c1-12-13(2)23-11-10-15-17(20(23)21-12)22-16(14-8-6-5-7-9-14)19(25-4)18(15)24-3/h5-11,16,18-19,22H,1-4H3. The molecule has 3 heterocycles. The van der Waals surface area contributed by atoms with Crippen LogP contribution in [0.5, 0.6) is 0 Å². The predicted octanol–water partition coefficient (Wildman–Crippen LogP) is 4.54. The highest BCUT2D eigenvalue weighted by atomic mass is 32.2. The second kappa shape index (κ2) is 6.39. The van der Waals surface area contributed by atoms with Crippen molar-refractivity contribution >= 4 is 23.1 Å². The van der Waals surface area contributed by atoms with Gasteiger partial charge in [-0.15, -0.1) is 0 Å². The Morgan fingerprint density at radius 3 is 2.60 bits per heavy atom. The van der Waals surface area contributed by atoms with Crippen molar-refractivity contribution in [2.75, 3.05) is 18.7 Å². The Hall–Kier alpha value is -1.98. The highest BCUT2D eigenvalue weighted by Gasteiger charge is 2.38. The summed E-state index contributed by atoms with van der Waals surface area (Å²) >= 11 is 1.84. The van der Waals surface area contributed by atoms with Crippen molar-refractivity contribution in [1.29, 1.82) is 0 Å². The average molecular weight is 353 g/mol. The van der Waals surface area contributed by atoms with E-state index in [0.29, 0.717) is 5.25 Å². The first-order chi connectivity index (χ1) is 12.2. The van der Waals surface area contributed by atoms with Crippen molar-refractivity contribution in [1.82, 2.24) is 9.38 Å². The van der Waals surface area contributed by atoms with Crippen LogP contribution in [0.15, 0.2) is 42.6 Å². The molecule has 1 aromatic carbocycles. The number of fused-ring (bicyclic) bond motifs is 3. The van der Waals surface area contributed by atoms with Crippen LogP contribution in [-0.2, 0) is 4.74 Å². The number of aromatic nitrogens is 2. The van der Waals surface area contributed by atoms with Crippen LogP contribution in [0.25, 0.3) is 5.65 Å². The molecular formula is C20H23N3OS. The molecule has 1 aliphatic rings. The summed E-state index contributed by atoms with van der Waals surface area (Å²) in [6.45, 7) is 4.17. The van der Waals surface area contributed by atoms with Gasteiger partial charge in [-0.1, -0.05) is 30.3 Å². The lowest BCUT2D eigenvalue weighted by atomic mass is 9.91. The minimum absolute atomic E-state index is 0.0266. The summed E-state index contributed by atoms with van der Waals surface area (Å²) in [7, 11) is 1.80. The molecule has 0 saturated carbocycles. The number of rotatable bonds is 3. The van der Waals surface area contributed by atoms with Crippen LogP contribution in [0.4, 0.5) is 5.69 Å². The molecule has 2 aromatic heterocycles. The van der Waals surface area contributed by atoms with Crippen molar-refractivity contribution in [3.63, 3.8) is 0 Å². The van der Waals surface area contributed by atoms with Crippen molar-refractivity contribution in [2.24, 2.45) is 0 Å². The zero-order valence-corrected chi connectivity index (χ0v) is 15.8. The number of imidazole rings is 1. The molecule has 130 valence electrons. The van der Waals surface area contributed by atoms with E-state index >= 15 is 0 Å². The highest BCUT2D eigenvalue weighted by Crippen LogP contribution is 2.47. The van der Waals surface area contributed by atoms with E-state index in [1.165, 1.54) is 16.8 Å². The van der Waals surface area contributed by atoms with Gasteiger partial charge in [0.05, 0.1) is 28.8 Å². The number of hydrogen-bond acceptors (Lipinski definition) is 4. The van der Waals surface area contributed by atoms with E-state index in [2.05, 4.69) is 72.4 Å². The Morgan fingerprint density at radius 2 is 1.92 bits per heavy atom. The van der Waals surface area contributed by atoms with Gasteiger partial charge >= 0.3 is 0 Å². The van der Waals surface area contributed by atoms with Gasteiger partial charge in [0.25, 0.3) is 0 Å². The van der Waals surface area contributed by atoms with E-state index in [9.17, 15) is 0 Å². The van der Waals surface area contributed by atoms with Gasteiger partial charge in [0, 0.05) is 24.6 Å². The average Bonchev–Trinajstić information content (AvgIpc) is 2.95. The molecule has 1 aliphatic heterocycles. The number of aryl methyl sites for hydroxylation is 2. The fraction of sp³-hybridized carbons (Fsp3) is 0.350. The topological polar surface area (TPSA) is 38.6 Å². The van der Waals surface area contributed by atoms with Crippen LogP contribution in [-0.4, -0.2) is 28.0 Å². The summed E-state index contributed by atoms with van der Waals surface area (Å²) < 4.78 is 8.12. The molecule has 0 aliphatic carbocycles. The first-order valence-corrected chi connectivity index (χ1v) is 9.79. The minimum atomic E-state index is 0.0266. The molecule has 4 rings (SSSR count). The van der Waals surface area contributed by atoms with E-state index in [1.54, 1.807) is 7.11 Å². The molecular weight excluding hydrogens is 330 g/mol. The third kappa shape index (κ3) is 2.53. The molecule has 5 heteroatoms. The van der Waals surface area contributed by atoms with Crippen LogP contribution < -0.4 is 5.32 Å². The first kappa shape index (κ1) is 16.5. The third-order valence-corrected chi connectivity index (χ3v) is 6.28.